The summed E-state index contributed by atoms with van der Waals surface area (Å²) >= 11 is 0.706. The van der Waals surface area contributed by atoms with Crippen LogP contribution in [-0.4, -0.2) is 13.3 Å². The molecular formula is C6H7NO4S2. The number of nitrogens with zero attached hydrogens (tertiary/aromatic N) is 1. The highest BCUT2D eigenvalue weighted by Crippen LogP contribution is 2.26. The van der Waals surface area contributed by atoms with E-state index >= 15 is 0 Å². The minimum atomic E-state index is -0.750. The summed E-state index contributed by atoms with van der Waals surface area (Å²) in [5.41, 5.74) is 0.238. The summed E-state index contributed by atoms with van der Waals surface area (Å²) < 4.78 is 16.6. The van der Waals surface area contributed by atoms with Crippen LogP contribution in [0.3, 0.4) is 0 Å². The first kappa shape index (κ1) is 11.9. The zero-order valence-corrected chi connectivity index (χ0v) is 8.61. The standard InChI is InChI=1S/C6H7NO2S.O2S/c1-4-3-6(7(8)9)5(2)10-4;1-3-2/h3H,1-2H3;. The summed E-state index contributed by atoms with van der Waals surface area (Å²) in [7, 11) is 0. The van der Waals surface area contributed by atoms with Crippen LogP contribution >= 0.6 is 11.3 Å². The van der Waals surface area contributed by atoms with Crippen molar-refractivity contribution >= 4 is 28.6 Å². The maximum atomic E-state index is 10.2. The third-order valence-electron chi connectivity index (χ3n) is 1.21. The van der Waals surface area contributed by atoms with Gasteiger partial charge >= 0.3 is 11.6 Å². The van der Waals surface area contributed by atoms with Gasteiger partial charge in [0.2, 0.25) is 0 Å². The molecule has 0 aliphatic carbocycles. The van der Waals surface area contributed by atoms with Crippen LogP contribution in [-0.2, 0) is 11.6 Å². The molecule has 0 aliphatic heterocycles. The molecule has 0 saturated carbocycles. The first-order chi connectivity index (χ1) is 6.02. The van der Waals surface area contributed by atoms with E-state index in [0.717, 1.165) is 9.75 Å². The molecule has 1 aromatic heterocycles. The minimum Gasteiger partial charge on any atom is -0.258 e. The monoisotopic (exact) mass is 221 g/mol. The van der Waals surface area contributed by atoms with Gasteiger partial charge < -0.3 is 0 Å². The Hall–Kier alpha value is -1.08. The Morgan fingerprint density at radius 3 is 2.08 bits per heavy atom. The van der Waals surface area contributed by atoms with E-state index < -0.39 is 11.6 Å². The van der Waals surface area contributed by atoms with Gasteiger partial charge in [-0.1, -0.05) is 0 Å². The lowest BCUT2D eigenvalue weighted by atomic mass is 10.4. The summed E-state index contributed by atoms with van der Waals surface area (Å²) in [5, 5.41) is 10.2. The zero-order valence-electron chi connectivity index (χ0n) is 6.97. The van der Waals surface area contributed by atoms with E-state index in [2.05, 4.69) is 0 Å². The van der Waals surface area contributed by atoms with E-state index in [4.69, 9.17) is 8.42 Å². The van der Waals surface area contributed by atoms with Crippen molar-refractivity contribution in [3.63, 3.8) is 0 Å². The molecule has 0 radical (unpaired) electrons. The van der Waals surface area contributed by atoms with Crippen molar-refractivity contribution in [3.05, 3.63) is 25.9 Å². The Morgan fingerprint density at radius 2 is 1.92 bits per heavy atom. The van der Waals surface area contributed by atoms with E-state index in [9.17, 15) is 10.1 Å². The van der Waals surface area contributed by atoms with Gasteiger partial charge in [0.05, 0.1) is 9.80 Å². The van der Waals surface area contributed by atoms with Crippen LogP contribution in [0.25, 0.3) is 0 Å². The summed E-state index contributed by atoms with van der Waals surface area (Å²) in [5.74, 6) is 0. The lowest BCUT2D eigenvalue weighted by Gasteiger charge is -1.83. The van der Waals surface area contributed by atoms with Gasteiger partial charge in [-0.3, -0.25) is 10.1 Å². The molecular weight excluding hydrogens is 214 g/mol. The average Bonchev–Trinajstić information content (AvgIpc) is 2.31. The summed E-state index contributed by atoms with van der Waals surface area (Å²) in [6.07, 6.45) is 0. The Morgan fingerprint density at radius 1 is 1.46 bits per heavy atom. The van der Waals surface area contributed by atoms with Crippen LogP contribution < -0.4 is 0 Å². The van der Waals surface area contributed by atoms with Crippen LogP contribution in [0.15, 0.2) is 6.07 Å². The molecule has 1 aromatic rings. The average molecular weight is 221 g/mol. The third kappa shape index (κ3) is 3.90. The maximum Gasteiger partial charge on any atom is 0.335 e. The van der Waals surface area contributed by atoms with Gasteiger partial charge in [-0.05, 0) is 13.8 Å². The summed E-state index contributed by atoms with van der Waals surface area (Å²) in [4.78, 5) is 11.7. The molecule has 0 unspecified atom stereocenters. The number of aryl methyl sites for hydroxylation is 2. The molecule has 1 heterocycles. The van der Waals surface area contributed by atoms with Crippen molar-refractivity contribution in [2.45, 2.75) is 13.8 Å². The Kier molecular flexibility index (Phi) is 5.09. The lowest BCUT2D eigenvalue weighted by molar-refractivity contribution is -0.385. The minimum absolute atomic E-state index is 0.238. The van der Waals surface area contributed by atoms with E-state index in [0.29, 0.717) is 0 Å². The van der Waals surface area contributed by atoms with Gasteiger partial charge in [0.1, 0.15) is 0 Å². The van der Waals surface area contributed by atoms with Crippen LogP contribution in [0, 0.1) is 24.0 Å². The smallest absolute Gasteiger partial charge is 0.258 e. The summed E-state index contributed by atoms with van der Waals surface area (Å²) in [6, 6.07) is 1.60. The van der Waals surface area contributed by atoms with Gasteiger partial charge in [0.15, 0.2) is 0 Å². The normalized spacial score (nSPS) is 8.46. The Labute approximate surface area is 82.1 Å². The number of thiophene rings is 1. The number of nitro groups is 1. The van der Waals surface area contributed by atoms with Crippen LogP contribution in [0.1, 0.15) is 9.75 Å². The van der Waals surface area contributed by atoms with E-state index in [1.807, 2.05) is 6.92 Å². The largest absolute Gasteiger partial charge is 0.335 e. The molecule has 1 rings (SSSR count). The maximum absolute atomic E-state index is 10.2. The van der Waals surface area contributed by atoms with E-state index in [-0.39, 0.29) is 10.6 Å². The van der Waals surface area contributed by atoms with Crippen molar-refractivity contribution in [1.82, 2.24) is 0 Å². The predicted molar refractivity (Wildman–Crippen MR) is 49.4 cm³/mol. The molecule has 0 atom stereocenters. The molecule has 0 aromatic carbocycles. The Bertz CT molecular complexity index is 340. The highest BCUT2D eigenvalue weighted by atomic mass is 32.1. The van der Waals surface area contributed by atoms with Crippen LogP contribution in [0.4, 0.5) is 5.69 Å². The van der Waals surface area contributed by atoms with Crippen molar-refractivity contribution in [3.8, 4) is 0 Å². The van der Waals surface area contributed by atoms with Gasteiger partial charge in [-0.25, -0.2) is 0 Å². The van der Waals surface area contributed by atoms with Crippen molar-refractivity contribution in [2.24, 2.45) is 0 Å². The number of rotatable bonds is 1. The van der Waals surface area contributed by atoms with Crippen LogP contribution in [0.2, 0.25) is 0 Å². The van der Waals surface area contributed by atoms with Crippen molar-refractivity contribution in [2.75, 3.05) is 0 Å². The predicted octanol–water partition coefficient (Wildman–Crippen LogP) is 1.60. The first-order valence-electron chi connectivity index (χ1n) is 3.16. The molecule has 0 saturated heterocycles. The molecule has 0 N–H and O–H groups in total. The second-order valence-corrected chi connectivity index (χ2v) is 3.72. The molecule has 13 heavy (non-hydrogen) atoms. The second-order valence-electron chi connectivity index (χ2n) is 2.12. The van der Waals surface area contributed by atoms with Gasteiger partial charge in [0.25, 0.3) is 5.69 Å². The van der Waals surface area contributed by atoms with E-state index in [1.165, 1.54) is 11.3 Å². The first-order valence-corrected chi connectivity index (χ1v) is 4.64. The fourth-order valence-electron chi connectivity index (χ4n) is 0.799. The molecule has 7 heteroatoms. The Balaban J connectivity index is 0.000000424. The van der Waals surface area contributed by atoms with E-state index in [1.54, 1.807) is 13.0 Å². The second kappa shape index (κ2) is 5.55. The highest BCUT2D eigenvalue weighted by molar-refractivity contribution is 7.51. The van der Waals surface area contributed by atoms with Gasteiger partial charge in [0, 0.05) is 10.9 Å². The SMILES string of the molecule is Cc1cc([N+](=O)[O-])c(C)s1.O=S=O. The van der Waals surface area contributed by atoms with Crippen LogP contribution in [0.5, 0.6) is 0 Å². The van der Waals surface area contributed by atoms with Gasteiger partial charge in [-0.2, -0.15) is 8.42 Å². The molecule has 0 bridgehead atoms. The zero-order chi connectivity index (χ0) is 10.4. The molecule has 0 amide bonds. The lowest BCUT2D eigenvalue weighted by Crippen LogP contribution is -1.85. The fourth-order valence-corrected chi connectivity index (χ4v) is 1.69. The fraction of sp³-hybridized carbons (Fsp3) is 0.333. The molecule has 5 nitrogen and oxygen atoms in total. The molecule has 72 valence electrons. The molecule has 0 spiro atoms. The highest BCUT2D eigenvalue weighted by Gasteiger charge is 2.12. The van der Waals surface area contributed by atoms with Crippen molar-refractivity contribution < 1.29 is 13.3 Å². The number of hydrogen-bond donors (Lipinski definition) is 0. The summed E-state index contributed by atoms with van der Waals surface area (Å²) in [6.45, 7) is 3.63. The quantitative estimate of drug-likeness (QED) is 0.533. The molecule has 0 aliphatic rings. The van der Waals surface area contributed by atoms with Gasteiger partial charge in [-0.15, -0.1) is 11.3 Å². The number of hydrogen-bond acceptors (Lipinski definition) is 5. The van der Waals surface area contributed by atoms with Crippen molar-refractivity contribution in [1.29, 1.82) is 0 Å². The topological polar surface area (TPSA) is 77.3 Å². The third-order valence-corrected chi connectivity index (χ3v) is 2.17. The molecule has 0 fully saturated rings.